The number of sulfonamides is 1. The van der Waals surface area contributed by atoms with E-state index >= 15 is 0 Å². The van der Waals surface area contributed by atoms with Gasteiger partial charge in [-0.1, -0.05) is 12.1 Å². The third-order valence-corrected chi connectivity index (χ3v) is 10.2. The van der Waals surface area contributed by atoms with Gasteiger partial charge in [-0.15, -0.1) is 0 Å². The van der Waals surface area contributed by atoms with Crippen molar-refractivity contribution in [3.05, 3.63) is 72.0 Å². The first-order valence-corrected chi connectivity index (χ1v) is 15.4. The molecule has 0 bridgehead atoms. The van der Waals surface area contributed by atoms with Gasteiger partial charge in [0.05, 0.1) is 33.9 Å². The van der Waals surface area contributed by atoms with Gasteiger partial charge >= 0.3 is 12.8 Å². The summed E-state index contributed by atoms with van der Waals surface area (Å²) in [5.74, 6) is -1.75. The summed E-state index contributed by atoms with van der Waals surface area (Å²) in [7, 11) is -2.75. The molecule has 2 aliphatic rings. The lowest BCUT2D eigenvalue weighted by Gasteiger charge is -2.47. The Kier molecular flexibility index (Phi) is 8.70. The fraction of sp³-hybridized carbons (Fsp3) is 0.367. The molecule has 1 heterocycles. The molecule has 0 aromatic heterocycles. The van der Waals surface area contributed by atoms with E-state index in [4.69, 9.17) is 5.73 Å². The van der Waals surface area contributed by atoms with E-state index in [2.05, 4.69) is 4.74 Å². The van der Waals surface area contributed by atoms with Crippen molar-refractivity contribution < 1.29 is 44.3 Å². The molecule has 2 N–H and O–H groups in total. The highest BCUT2D eigenvalue weighted by atomic mass is 32.2. The standard InChI is InChI=1S/C30H30F6N4O4S/c1-38(29(27(37)41)8-3-9-29)10-11-39-12-13-40(45(42,43)24-5-2-4-21(17-24)30(34,35)36)26-16-19(6-7-25(26)39)20-14-22(31)18-23(15-20)44-28(32)33/h2,4-7,14-18,28H,3,8-13H2,1H3,(H2,37,41). The summed E-state index contributed by atoms with van der Waals surface area (Å²) in [6.07, 6.45) is -2.69. The Morgan fingerprint density at radius 2 is 1.76 bits per heavy atom. The number of nitrogens with zero attached hydrogens (tertiary/aromatic N) is 3. The first-order valence-electron chi connectivity index (χ1n) is 14.0. The van der Waals surface area contributed by atoms with Crippen LogP contribution in [0.2, 0.25) is 0 Å². The van der Waals surface area contributed by atoms with Crippen LogP contribution in [-0.4, -0.2) is 64.6 Å². The second kappa shape index (κ2) is 12.1. The van der Waals surface area contributed by atoms with Crippen LogP contribution in [-0.2, 0) is 21.0 Å². The van der Waals surface area contributed by atoms with Gasteiger partial charge in [-0.25, -0.2) is 12.8 Å². The van der Waals surface area contributed by atoms with Crippen molar-refractivity contribution in [3.63, 3.8) is 0 Å². The van der Waals surface area contributed by atoms with Crippen molar-refractivity contribution in [2.24, 2.45) is 5.73 Å². The summed E-state index contributed by atoms with van der Waals surface area (Å²) >= 11 is 0. The minimum Gasteiger partial charge on any atom is -0.435 e. The summed E-state index contributed by atoms with van der Waals surface area (Å²) in [4.78, 5) is 15.4. The molecule has 8 nitrogen and oxygen atoms in total. The van der Waals surface area contributed by atoms with Crippen molar-refractivity contribution >= 4 is 27.3 Å². The molecule has 5 rings (SSSR count). The molecule has 242 valence electrons. The smallest absolute Gasteiger partial charge is 0.416 e. The lowest BCUT2D eigenvalue weighted by Crippen LogP contribution is -2.61. The van der Waals surface area contributed by atoms with Crippen LogP contribution in [0.15, 0.2) is 65.6 Å². The molecule has 0 spiro atoms. The van der Waals surface area contributed by atoms with E-state index in [9.17, 15) is 39.6 Å². The number of hydrogen-bond acceptors (Lipinski definition) is 6. The molecule has 15 heteroatoms. The van der Waals surface area contributed by atoms with E-state index < -0.39 is 56.3 Å². The number of likely N-dealkylation sites (N-methyl/N-ethyl adjacent to an activating group) is 1. The second-order valence-electron chi connectivity index (χ2n) is 11.0. The maximum Gasteiger partial charge on any atom is 0.416 e. The van der Waals surface area contributed by atoms with Crippen molar-refractivity contribution in [2.75, 3.05) is 42.4 Å². The van der Waals surface area contributed by atoms with Gasteiger partial charge in [-0.3, -0.25) is 14.0 Å². The zero-order valence-electron chi connectivity index (χ0n) is 24.0. The number of amides is 1. The molecule has 3 aromatic carbocycles. The Hall–Kier alpha value is -3.98. The quantitative estimate of drug-likeness (QED) is 0.291. The second-order valence-corrected chi connectivity index (χ2v) is 12.9. The van der Waals surface area contributed by atoms with Crippen LogP contribution in [0, 0.1) is 5.82 Å². The molecule has 1 fully saturated rings. The third kappa shape index (κ3) is 6.41. The fourth-order valence-corrected chi connectivity index (χ4v) is 7.29. The first kappa shape index (κ1) is 32.4. The zero-order chi connectivity index (χ0) is 32.7. The van der Waals surface area contributed by atoms with Gasteiger partial charge < -0.3 is 15.4 Å². The number of fused-ring (bicyclic) bond motifs is 1. The van der Waals surface area contributed by atoms with Crippen LogP contribution >= 0.6 is 0 Å². The minimum atomic E-state index is -4.78. The van der Waals surface area contributed by atoms with Gasteiger partial charge in [-0.05, 0) is 79.9 Å². The highest BCUT2D eigenvalue weighted by Crippen LogP contribution is 2.42. The molecule has 45 heavy (non-hydrogen) atoms. The Morgan fingerprint density at radius 1 is 1.02 bits per heavy atom. The molecule has 0 radical (unpaired) electrons. The number of alkyl halides is 5. The predicted octanol–water partition coefficient (Wildman–Crippen LogP) is 5.47. The summed E-state index contributed by atoms with van der Waals surface area (Å²) in [6.45, 7) is -2.46. The first-order chi connectivity index (χ1) is 21.1. The molecule has 1 saturated carbocycles. The molecule has 1 aliphatic carbocycles. The van der Waals surface area contributed by atoms with E-state index in [-0.39, 0.29) is 29.9 Å². The highest BCUT2D eigenvalue weighted by molar-refractivity contribution is 7.92. The van der Waals surface area contributed by atoms with Crippen molar-refractivity contribution in [1.82, 2.24) is 4.90 Å². The van der Waals surface area contributed by atoms with Gasteiger partial charge in [0.2, 0.25) is 5.91 Å². The predicted molar refractivity (Wildman–Crippen MR) is 155 cm³/mol. The Balaban J connectivity index is 1.55. The summed E-state index contributed by atoms with van der Waals surface area (Å²) in [5.41, 5.74) is 4.64. The molecule has 0 unspecified atom stereocenters. The lowest BCUT2D eigenvalue weighted by molar-refractivity contribution is -0.137. The normalized spacial score (nSPS) is 16.5. The summed E-state index contributed by atoms with van der Waals surface area (Å²) in [5, 5.41) is 0. The number of ether oxygens (including phenoxy) is 1. The van der Waals surface area contributed by atoms with Gasteiger partial charge in [0, 0.05) is 25.7 Å². The largest absolute Gasteiger partial charge is 0.435 e. The fourth-order valence-electron chi connectivity index (χ4n) is 5.78. The summed E-state index contributed by atoms with van der Waals surface area (Å²) in [6, 6.07) is 10.9. The van der Waals surface area contributed by atoms with Crippen LogP contribution < -0.4 is 19.7 Å². The van der Waals surface area contributed by atoms with Crippen LogP contribution in [0.25, 0.3) is 11.1 Å². The Bertz CT molecular complexity index is 1700. The molecule has 0 atom stereocenters. The molecule has 1 amide bonds. The van der Waals surface area contributed by atoms with Crippen molar-refractivity contribution in [2.45, 2.75) is 42.5 Å². The Morgan fingerprint density at radius 3 is 2.38 bits per heavy atom. The van der Waals surface area contributed by atoms with E-state index in [0.29, 0.717) is 37.7 Å². The number of halogens is 6. The van der Waals surface area contributed by atoms with Crippen molar-refractivity contribution in [3.8, 4) is 16.9 Å². The maximum atomic E-state index is 14.4. The van der Waals surface area contributed by atoms with Gasteiger partial charge in [-0.2, -0.15) is 22.0 Å². The highest BCUT2D eigenvalue weighted by Gasteiger charge is 2.46. The van der Waals surface area contributed by atoms with Gasteiger partial charge in [0.15, 0.2) is 0 Å². The average molecular weight is 657 g/mol. The van der Waals surface area contributed by atoms with Crippen LogP contribution in [0.1, 0.15) is 24.8 Å². The SMILES string of the molecule is CN(CCN1CCN(S(=O)(=O)c2cccc(C(F)(F)F)c2)c2cc(-c3cc(F)cc(OC(F)F)c3)ccc21)C1(C(N)=O)CCC1. The number of anilines is 2. The minimum absolute atomic E-state index is 0.0904. The molecule has 0 saturated heterocycles. The molecular formula is C30H30F6N4O4S. The number of nitrogens with two attached hydrogens (primary N) is 1. The number of hydrogen-bond donors (Lipinski definition) is 1. The number of benzene rings is 3. The number of carbonyl (C=O) groups is 1. The molecule has 3 aromatic rings. The van der Waals surface area contributed by atoms with E-state index in [1.165, 1.54) is 12.1 Å². The number of primary amides is 1. The summed E-state index contributed by atoms with van der Waals surface area (Å²) < 4.78 is 113. The van der Waals surface area contributed by atoms with Crippen LogP contribution in [0.3, 0.4) is 0 Å². The van der Waals surface area contributed by atoms with Gasteiger partial charge in [0.1, 0.15) is 11.6 Å². The number of rotatable bonds is 10. The lowest BCUT2D eigenvalue weighted by atomic mass is 9.75. The Labute approximate surface area is 256 Å². The third-order valence-electron chi connectivity index (χ3n) is 8.41. The number of carbonyl (C=O) groups excluding carboxylic acids is 1. The zero-order valence-corrected chi connectivity index (χ0v) is 24.8. The van der Waals surface area contributed by atoms with Crippen LogP contribution in [0.5, 0.6) is 5.75 Å². The van der Waals surface area contributed by atoms with E-state index in [1.54, 1.807) is 19.2 Å². The van der Waals surface area contributed by atoms with Gasteiger partial charge in [0.25, 0.3) is 10.0 Å². The maximum absolute atomic E-state index is 14.4. The molecular weight excluding hydrogens is 626 g/mol. The topological polar surface area (TPSA) is 96.2 Å². The molecule has 1 aliphatic heterocycles. The average Bonchev–Trinajstić information content (AvgIpc) is 2.93. The van der Waals surface area contributed by atoms with Crippen molar-refractivity contribution in [1.29, 1.82) is 0 Å². The monoisotopic (exact) mass is 656 g/mol. The van der Waals surface area contributed by atoms with E-state index in [1.807, 2.05) is 9.80 Å². The van der Waals surface area contributed by atoms with E-state index in [0.717, 1.165) is 41.1 Å². The van der Waals surface area contributed by atoms with Crippen LogP contribution in [0.4, 0.5) is 37.7 Å².